The highest BCUT2D eigenvalue weighted by molar-refractivity contribution is 5.94. The van der Waals surface area contributed by atoms with Gasteiger partial charge in [-0.15, -0.1) is 0 Å². The molecule has 5 heteroatoms. The highest BCUT2D eigenvalue weighted by Gasteiger charge is 2.20. The molecule has 0 aliphatic heterocycles. The molecule has 21 heavy (non-hydrogen) atoms. The lowest BCUT2D eigenvalue weighted by Crippen LogP contribution is -2.32. The van der Waals surface area contributed by atoms with E-state index in [4.69, 9.17) is 4.74 Å². The van der Waals surface area contributed by atoms with Gasteiger partial charge in [0.2, 0.25) is 0 Å². The number of anilines is 1. The van der Waals surface area contributed by atoms with Crippen molar-refractivity contribution in [1.29, 1.82) is 0 Å². The number of halogens is 2. The number of carbonyl (C=O) groups excluding carboxylic acids is 1. The lowest BCUT2D eigenvalue weighted by molar-refractivity contribution is -0.122. The molecule has 2 aromatic carbocycles. The predicted octanol–water partition coefficient (Wildman–Crippen LogP) is 3.76. The van der Waals surface area contributed by atoms with Crippen LogP contribution in [0.5, 0.6) is 5.75 Å². The van der Waals surface area contributed by atoms with Crippen LogP contribution in [0.4, 0.5) is 14.5 Å². The molecule has 1 atom stereocenters. The van der Waals surface area contributed by atoms with Crippen LogP contribution in [-0.4, -0.2) is 12.0 Å². The summed E-state index contributed by atoms with van der Waals surface area (Å²) in [5.74, 6) is -1.61. The lowest BCUT2D eigenvalue weighted by Gasteiger charge is -2.17. The van der Waals surface area contributed by atoms with Crippen molar-refractivity contribution in [2.24, 2.45) is 0 Å². The Labute approximate surface area is 121 Å². The summed E-state index contributed by atoms with van der Waals surface area (Å²) in [5.41, 5.74) is 0.0677. The summed E-state index contributed by atoms with van der Waals surface area (Å²) in [5, 5.41) is 2.44. The fraction of sp³-hybridized carbons (Fsp3) is 0.188. The van der Waals surface area contributed by atoms with E-state index in [2.05, 4.69) is 5.32 Å². The molecular formula is C16H15F2NO2. The molecule has 1 amide bonds. The Kier molecular flexibility index (Phi) is 4.87. The number of hydrogen-bond donors (Lipinski definition) is 1. The zero-order chi connectivity index (χ0) is 15.2. The average molecular weight is 291 g/mol. The summed E-state index contributed by atoms with van der Waals surface area (Å²) in [6, 6.07) is 11.7. The molecule has 1 N–H and O–H groups in total. The highest BCUT2D eigenvalue weighted by Crippen LogP contribution is 2.19. The Morgan fingerprint density at radius 1 is 1.10 bits per heavy atom. The van der Waals surface area contributed by atoms with Gasteiger partial charge in [0.15, 0.2) is 17.7 Å². The van der Waals surface area contributed by atoms with Crippen LogP contribution in [0.1, 0.15) is 13.3 Å². The monoisotopic (exact) mass is 291 g/mol. The van der Waals surface area contributed by atoms with Gasteiger partial charge in [0, 0.05) is 0 Å². The van der Waals surface area contributed by atoms with Crippen molar-refractivity contribution < 1.29 is 18.3 Å². The van der Waals surface area contributed by atoms with Gasteiger partial charge in [0.25, 0.3) is 5.91 Å². The molecule has 2 aromatic rings. The van der Waals surface area contributed by atoms with Gasteiger partial charge in [0.1, 0.15) is 5.82 Å². The molecule has 0 aliphatic carbocycles. The Hall–Kier alpha value is -2.43. The molecule has 0 saturated carbocycles. The summed E-state index contributed by atoms with van der Waals surface area (Å²) >= 11 is 0. The summed E-state index contributed by atoms with van der Waals surface area (Å²) in [6.45, 7) is 1.73. The van der Waals surface area contributed by atoms with Crippen molar-refractivity contribution in [3.05, 3.63) is 60.2 Å². The molecule has 1 unspecified atom stereocenters. The predicted molar refractivity (Wildman–Crippen MR) is 76.1 cm³/mol. The number of ether oxygens (including phenoxy) is 1. The van der Waals surface area contributed by atoms with Crippen LogP contribution in [0.3, 0.4) is 0 Å². The van der Waals surface area contributed by atoms with E-state index >= 15 is 0 Å². The first-order valence-electron chi connectivity index (χ1n) is 6.58. The van der Waals surface area contributed by atoms with Crippen LogP contribution in [0.2, 0.25) is 0 Å². The number of amides is 1. The molecule has 0 aliphatic rings. The lowest BCUT2D eigenvalue weighted by atomic mass is 10.2. The summed E-state index contributed by atoms with van der Waals surface area (Å²) in [6.07, 6.45) is -0.573. The largest absolute Gasteiger partial charge is 0.478 e. The van der Waals surface area contributed by atoms with Crippen molar-refractivity contribution in [3.8, 4) is 5.75 Å². The van der Waals surface area contributed by atoms with Gasteiger partial charge in [0.05, 0.1) is 5.69 Å². The minimum Gasteiger partial charge on any atom is -0.478 e. The van der Waals surface area contributed by atoms with Gasteiger partial charge >= 0.3 is 0 Å². The first kappa shape index (κ1) is 15.0. The second-order valence-corrected chi connectivity index (χ2v) is 4.41. The Bertz CT molecular complexity index is 631. The standard InChI is InChI=1S/C16H15F2NO2/c1-2-14(21-15-10-6-4-8-12(15)18)16(20)19-13-9-5-3-7-11(13)17/h3-10,14H,2H2,1H3,(H,19,20). The molecule has 3 nitrogen and oxygen atoms in total. The van der Waals surface area contributed by atoms with Crippen molar-refractivity contribution in [1.82, 2.24) is 0 Å². The molecule has 0 bridgehead atoms. The van der Waals surface area contributed by atoms with E-state index in [0.717, 1.165) is 0 Å². The van der Waals surface area contributed by atoms with Crippen LogP contribution >= 0.6 is 0 Å². The fourth-order valence-corrected chi connectivity index (χ4v) is 1.79. The van der Waals surface area contributed by atoms with E-state index in [1.165, 1.54) is 36.4 Å². The Morgan fingerprint density at radius 3 is 2.33 bits per heavy atom. The molecular weight excluding hydrogens is 276 g/mol. The van der Waals surface area contributed by atoms with Gasteiger partial charge < -0.3 is 10.1 Å². The highest BCUT2D eigenvalue weighted by atomic mass is 19.1. The fourth-order valence-electron chi connectivity index (χ4n) is 1.79. The van der Waals surface area contributed by atoms with Crippen molar-refractivity contribution in [2.45, 2.75) is 19.4 Å². The summed E-state index contributed by atoms with van der Waals surface area (Å²) in [7, 11) is 0. The topological polar surface area (TPSA) is 38.3 Å². The van der Waals surface area contributed by atoms with E-state index < -0.39 is 23.6 Å². The zero-order valence-electron chi connectivity index (χ0n) is 11.5. The van der Waals surface area contributed by atoms with E-state index in [1.54, 1.807) is 19.1 Å². The maximum Gasteiger partial charge on any atom is 0.265 e. The van der Waals surface area contributed by atoms with Crippen LogP contribution in [0.15, 0.2) is 48.5 Å². The minimum absolute atomic E-state index is 0.00645. The van der Waals surface area contributed by atoms with E-state index in [9.17, 15) is 13.6 Å². The minimum atomic E-state index is -0.901. The number of carbonyl (C=O) groups is 1. The third-order valence-corrected chi connectivity index (χ3v) is 2.90. The van der Waals surface area contributed by atoms with Crippen LogP contribution in [0.25, 0.3) is 0 Å². The van der Waals surface area contributed by atoms with E-state index in [0.29, 0.717) is 6.42 Å². The zero-order valence-corrected chi connectivity index (χ0v) is 11.5. The summed E-state index contributed by atoms with van der Waals surface area (Å²) < 4.78 is 32.4. The van der Waals surface area contributed by atoms with Crippen molar-refractivity contribution in [2.75, 3.05) is 5.32 Å². The van der Waals surface area contributed by atoms with Crippen molar-refractivity contribution >= 4 is 11.6 Å². The van der Waals surface area contributed by atoms with Gasteiger partial charge in [-0.25, -0.2) is 8.78 Å². The molecule has 0 heterocycles. The molecule has 0 spiro atoms. The quantitative estimate of drug-likeness (QED) is 0.911. The molecule has 0 aromatic heterocycles. The number of hydrogen-bond acceptors (Lipinski definition) is 2. The van der Waals surface area contributed by atoms with Crippen molar-refractivity contribution in [3.63, 3.8) is 0 Å². The average Bonchev–Trinajstić information content (AvgIpc) is 2.48. The van der Waals surface area contributed by atoms with Crippen LogP contribution < -0.4 is 10.1 Å². The summed E-state index contributed by atoms with van der Waals surface area (Å²) in [4.78, 5) is 12.1. The SMILES string of the molecule is CCC(Oc1ccccc1F)C(=O)Nc1ccccc1F. The number of benzene rings is 2. The van der Waals surface area contributed by atoms with E-state index in [-0.39, 0.29) is 11.4 Å². The van der Waals surface area contributed by atoms with Crippen LogP contribution in [-0.2, 0) is 4.79 Å². The maximum absolute atomic E-state index is 13.5. The number of para-hydroxylation sites is 2. The first-order valence-corrected chi connectivity index (χ1v) is 6.58. The Morgan fingerprint density at radius 2 is 1.71 bits per heavy atom. The second-order valence-electron chi connectivity index (χ2n) is 4.41. The smallest absolute Gasteiger partial charge is 0.265 e. The van der Waals surface area contributed by atoms with Gasteiger partial charge in [-0.1, -0.05) is 31.2 Å². The number of nitrogens with one attached hydrogen (secondary N) is 1. The first-order chi connectivity index (χ1) is 10.1. The molecule has 0 radical (unpaired) electrons. The number of rotatable bonds is 5. The second kappa shape index (κ2) is 6.83. The van der Waals surface area contributed by atoms with Gasteiger partial charge in [-0.2, -0.15) is 0 Å². The van der Waals surface area contributed by atoms with Gasteiger partial charge in [-0.05, 0) is 30.7 Å². The normalized spacial score (nSPS) is 11.8. The van der Waals surface area contributed by atoms with Crippen LogP contribution in [0, 0.1) is 11.6 Å². The Balaban J connectivity index is 2.09. The molecule has 2 rings (SSSR count). The third kappa shape index (κ3) is 3.78. The molecule has 0 fully saturated rings. The van der Waals surface area contributed by atoms with E-state index in [1.807, 2.05) is 0 Å². The van der Waals surface area contributed by atoms with Gasteiger partial charge in [-0.3, -0.25) is 4.79 Å². The maximum atomic E-state index is 13.5. The molecule has 110 valence electrons. The third-order valence-electron chi connectivity index (χ3n) is 2.90. The molecule has 0 saturated heterocycles.